The first kappa shape index (κ1) is 13.6. The van der Waals surface area contributed by atoms with Crippen LogP contribution in [-0.2, 0) is 0 Å². The summed E-state index contributed by atoms with van der Waals surface area (Å²) in [5.74, 6) is 0.682. The van der Waals surface area contributed by atoms with Gasteiger partial charge in [-0.2, -0.15) is 0 Å². The van der Waals surface area contributed by atoms with Gasteiger partial charge in [0.1, 0.15) is 17.3 Å². The predicted octanol–water partition coefficient (Wildman–Crippen LogP) is 2.18. The molecule has 5 heteroatoms. The third-order valence-electron chi connectivity index (χ3n) is 3.44. The maximum Gasteiger partial charge on any atom is 0.251 e. The summed E-state index contributed by atoms with van der Waals surface area (Å²) in [4.78, 5) is 12.6. The van der Waals surface area contributed by atoms with Gasteiger partial charge in [0.25, 0.3) is 5.91 Å². The van der Waals surface area contributed by atoms with E-state index in [9.17, 15) is 4.79 Å². The Labute approximate surface area is 127 Å². The first-order chi connectivity index (χ1) is 10.1. The third-order valence-corrected chi connectivity index (χ3v) is 3.67. The molecule has 3 N–H and O–H groups in total. The highest BCUT2D eigenvalue weighted by Gasteiger charge is 2.25. The zero-order valence-electron chi connectivity index (χ0n) is 11.2. The Morgan fingerprint density at radius 1 is 1.14 bits per heavy atom. The molecule has 0 fully saturated rings. The zero-order valence-corrected chi connectivity index (χ0v) is 12.0. The molecule has 21 heavy (non-hydrogen) atoms. The molecule has 1 aliphatic rings. The van der Waals surface area contributed by atoms with Crippen molar-refractivity contribution in [2.75, 3.05) is 6.61 Å². The normalized spacial score (nSPS) is 15.9. The monoisotopic (exact) mass is 298 g/mol. The van der Waals surface area contributed by atoms with Crippen LogP contribution < -0.4 is 15.8 Å². The van der Waals surface area contributed by atoms with Gasteiger partial charge in [-0.25, -0.2) is 0 Å². The van der Waals surface area contributed by atoms with Crippen molar-refractivity contribution in [3.8, 4) is 5.75 Å². The SMILES string of the molecule is NC(=S)c1ccc(C(=O)NC2COc3ccccc32)cc1. The number of fused-ring (bicyclic) bond motifs is 1. The van der Waals surface area contributed by atoms with Crippen molar-refractivity contribution in [3.63, 3.8) is 0 Å². The average molecular weight is 298 g/mol. The first-order valence-electron chi connectivity index (χ1n) is 6.57. The Balaban J connectivity index is 1.74. The van der Waals surface area contributed by atoms with E-state index in [0.717, 1.165) is 16.9 Å². The predicted molar refractivity (Wildman–Crippen MR) is 84.5 cm³/mol. The molecule has 3 rings (SSSR count). The summed E-state index contributed by atoms with van der Waals surface area (Å²) < 4.78 is 5.55. The van der Waals surface area contributed by atoms with Crippen LogP contribution in [0.5, 0.6) is 5.75 Å². The number of benzene rings is 2. The lowest BCUT2D eigenvalue weighted by molar-refractivity contribution is 0.0930. The number of nitrogens with two attached hydrogens (primary N) is 1. The number of hydrogen-bond donors (Lipinski definition) is 2. The van der Waals surface area contributed by atoms with E-state index in [1.807, 2.05) is 24.3 Å². The number of hydrogen-bond acceptors (Lipinski definition) is 3. The fourth-order valence-corrected chi connectivity index (χ4v) is 2.45. The van der Waals surface area contributed by atoms with Crippen LogP contribution in [0, 0.1) is 0 Å². The molecule has 1 unspecified atom stereocenters. The average Bonchev–Trinajstić information content (AvgIpc) is 2.91. The van der Waals surface area contributed by atoms with Gasteiger partial charge in [-0.05, 0) is 18.2 Å². The van der Waals surface area contributed by atoms with Crippen LogP contribution in [0.3, 0.4) is 0 Å². The molecule has 0 saturated carbocycles. The molecule has 0 saturated heterocycles. The largest absolute Gasteiger partial charge is 0.491 e. The summed E-state index contributed by atoms with van der Waals surface area (Å²) in [7, 11) is 0. The molecule has 1 amide bonds. The molecule has 106 valence electrons. The highest BCUT2D eigenvalue weighted by atomic mass is 32.1. The Bertz CT molecular complexity index is 698. The van der Waals surface area contributed by atoms with E-state index < -0.39 is 0 Å². The van der Waals surface area contributed by atoms with Crippen LogP contribution in [0.4, 0.5) is 0 Å². The van der Waals surface area contributed by atoms with Crippen molar-refractivity contribution >= 4 is 23.1 Å². The standard InChI is InChI=1S/C16H14N2O2S/c17-15(21)10-5-7-11(8-6-10)16(19)18-13-9-20-14-4-2-1-3-12(13)14/h1-8,13H,9H2,(H2,17,21)(H,18,19). The van der Waals surface area contributed by atoms with E-state index in [2.05, 4.69) is 5.32 Å². The number of amides is 1. The Morgan fingerprint density at radius 3 is 2.52 bits per heavy atom. The van der Waals surface area contributed by atoms with Gasteiger partial charge in [0, 0.05) is 16.7 Å². The fourth-order valence-electron chi connectivity index (χ4n) is 2.31. The Kier molecular flexibility index (Phi) is 3.58. The van der Waals surface area contributed by atoms with E-state index >= 15 is 0 Å². The number of nitrogens with one attached hydrogen (secondary N) is 1. The molecule has 0 aromatic heterocycles. The van der Waals surface area contributed by atoms with E-state index in [4.69, 9.17) is 22.7 Å². The van der Waals surface area contributed by atoms with Crippen molar-refractivity contribution in [2.24, 2.45) is 5.73 Å². The van der Waals surface area contributed by atoms with Crippen molar-refractivity contribution in [3.05, 3.63) is 65.2 Å². The lowest BCUT2D eigenvalue weighted by Gasteiger charge is -2.12. The molecule has 0 spiro atoms. The van der Waals surface area contributed by atoms with E-state index in [1.54, 1.807) is 24.3 Å². The maximum atomic E-state index is 12.3. The highest BCUT2D eigenvalue weighted by Crippen LogP contribution is 2.31. The summed E-state index contributed by atoms with van der Waals surface area (Å²) in [5.41, 5.74) is 7.86. The minimum absolute atomic E-state index is 0.121. The molecule has 0 aliphatic carbocycles. The van der Waals surface area contributed by atoms with Crippen LogP contribution in [0.15, 0.2) is 48.5 Å². The number of ether oxygens (including phenoxy) is 1. The quantitative estimate of drug-likeness (QED) is 0.853. The van der Waals surface area contributed by atoms with Crippen LogP contribution in [-0.4, -0.2) is 17.5 Å². The van der Waals surface area contributed by atoms with Crippen molar-refractivity contribution < 1.29 is 9.53 Å². The minimum Gasteiger partial charge on any atom is -0.491 e. The molecule has 0 bridgehead atoms. The molecule has 4 nitrogen and oxygen atoms in total. The summed E-state index contributed by atoms with van der Waals surface area (Å²) in [6.45, 7) is 0.454. The second kappa shape index (κ2) is 5.54. The molecule has 1 heterocycles. The third kappa shape index (κ3) is 2.73. The van der Waals surface area contributed by atoms with Gasteiger partial charge in [-0.15, -0.1) is 0 Å². The van der Waals surface area contributed by atoms with Gasteiger partial charge in [-0.1, -0.05) is 42.5 Å². The van der Waals surface area contributed by atoms with Crippen LogP contribution >= 0.6 is 12.2 Å². The number of carbonyl (C=O) groups is 1. The van der Waals surface area contributed by atoms with Gasteiger partial charge in [0.2, 0.25) is 0 Å². The van der Waals surface area contributed by atoms with E-state index in [-0.39, 0.29) is 11.9 Å². The van der Waals surface area contributed by atoms with Gasteiger partial charge < -0.3 is 15.8 Å². The van der Waals surface area contributed by atoms with Gasteiger partial charge in [0.05, 0.1) is 6.04 Å². The molecule has 1 aliphatic heterocycles. The minimum atomic E-state index is -0.144. The lowest BCUT2D eigenvalue weighted by atomic mass is 10.1. The number of carbonyl (C=O) groups excluding carboxylic acids is 1. The Hall–Kier alpha value is -2.40. The summed E-state index contributed by atoms with van der Waals surface area (Å²) >= 11 is 4.89. The topological polar surface area (TPSA) is 64.4 Å². The Morgan fingerprint density at radius 2 is 1.81 bits per heavy atom. The first-order valence-corrected chi connectivity index (χ1v) is 6.98. The second-order valence-corrected chi connectivity index (χ2v) is 5.26. The van der Waals surface area contributed by atoms with E-state index in [1.165, 1.54) is 0 Å². The zero-order chi connectivity index (χ0) is 14.8. The van der Waals surface area contributed by atoms with Crippen molar-refractivity contribution in [1.29, 1.82) is 0 Å². The highest BCUT2D eigenvalue weighted by molar-refractivity contribution is 7.80. The summed E-state index contributed by atoms with van der Waals surface area (Å²) in [6, 6.07) is 14.5. The van der Waals surface area contributed by atoms with Crippen LogP contribution in [0.1, 0.15) is 27.5 Å². The lowest BCUT2D eigenvalue weighted by Crippen LogP contribution is -2.29. The van der Waals surface area contributed by atoms with Crippen LogP contribution in [0.2, 0.25) is 0 Å². The molecule has 1 atom stereocenters. The molecular weight excluding hydrogens is 284 g/mol. The fraction of sp³-hybridized carbons (Fsp3) is 0.125. The smallest absolute Gasteiger partial charge is 0.251 e. The molecule has 2 aromatic rings. The summed E-state index contributed by atoms with van der Waals surface area (Å²) in [6.07, 6.45) is 0. The molecular formula is C16H14N2O2S. The van der Waals surface area contributed by atoms with Gasteiger partial charge in [0.15, 0.2) is 0 Å². The molecule has 2 aromatic carbocycles. The number of para-hydroxylation sites is 1. The number of thiocarbonyl (C=S) groups is 1. The van der Waals surface area contributed by atoms with Crippen molar-refractivity contribution in [2.45, 2.75) is 6.04 Å². The van der Waals surface area contributed by atoms with Crippen molar-refractivity contribution in [1.82, 2.24) is 5.32 Å². The van der Waals surface area contributed by atoms with Gasteiger partial charge in [-0.3, -0.25) is 4.79 Å². The van der Waals surface area contributed by atoms with Gasteiger partial charge >= 0.3 is 0 Å². The second-order valence-electron chi connectivity index (χ2n) is 4.82. The molecule has 0 radical (unpaired) electrons. The maximum absolute atomic E-state index is 12.3. The van der Waals surface area contributed by atoms with E-state index in [0.29, 0.717) is 17.2 Å². The number of rotatable bonds is 3. The van der Waals surface area contributed by atoms with Crippen LogP contribution in [0.25, 0.3) is 0 Å². The summed E-state index contributed by atoms with van der Waals surface area (Å²) in [5, 5.41) is 2.97.